The first-order valence-corrected chi connectivity index (χ1v) is 17.1. The van der Waals surface area contributed by atoms with Crippen molar-refractivity contribution in [1.82, 2.24) is 5.48 Å². The fourth-order valence-corrected chi connectivity index (χ4v) is 9.67. The molecule has 14 heteroatoms. The minimum absolute atomic E-state index is 0.0554. The van der Waals surface area contributed by atoms with Gasteiger partial charge in [-0.1, -0.05) is 48.9 Å². The number of rotatable bonds is 11. The second-order valence-corrected chi connectivity index (χ2v) is 14.7. The predicted octanol–water partition coefficient (Wildman–Crippen LogP) is 6.12. The van der Waals surface area contributed by atoms with Crippen molar-refractivity contribution in [2.45, 2.75) is 54.9 Å². The number of hydroxylamine groups is 1. The van der Waals surface area contributed by atoms with Crippen LogP contribution in [0.15, 0.2) is 77.4 Å². The maximum atomic E-state index is 14.1. The van der Waals surface area contributed by atoms with Gasteiger partial charge in [-0.05, 0) is 61.3 Å². The van der Waals surface area contributed by atoms with Crippen molar-refractivity contribution in [2.75, 3.05) is 12.4 Å². The molecule has 256 valence electrons. The third-order valence-electron chi connectivity index (χ3n) is 9.25. The summed E-state index contributed by atoms with van der Waals surface area (Å²) in [5, 5.41) is 13.1. The van der Waals surface area contributed by atoms with Crippen LogP contribution in [0.1, 0.15) is 48.5 Å². The summed E-state index contributed by atoms with van der Waals surface area (Å²) in [5.74, 6) is -8.10. The largest absolute Gasteiger partial charge is 0.466 e. The molecule has 5 atom stereocenters. The highest BCUT2D eigenvalue weighted by atomic mass is 35.5. The van der Waals surface area contributed by atoms with Gasteiger partial charge in [0.1, 0.15) is 6.26 Å². The molecule has 2 aliphatic rings. The van der Waals surface area contributed by atoms with E-state index in [2.05, 4.69) is 10.8 Å². The standard InChI is InChI=1S/C34H34ClF3N2O7S/c1-19(25(33(42)46-2)18-47-39-17-20-6-4-3-5-7-20)34(43)15-22-8-9-23(16-34)31(22)48(44,45)29-12-21(10-11-26(29)35)32(41)40-24-13-27(36)30(38)28(37)14-24/h3-7,10-14,18-19,22-23,31,39,43H,8-9,15-17H2,1-2H3,(H,40,41)/b25-18+/t19?,22-,23?,31?,34?/m1/s1. The molecule has 2 aliphatic carbocycles. The predicted molar refractivity (Wildman–Crippen MR) is 171 cm³/mol. The van der Waals surface area contributed by atoms with Gasteiger partial charge in [0.05, 0.1) is 40.0 Å². The number of anilines is 1. The van der Waals surface area contributed by atoms with Crippen LogP contribution in [-0.2, 0) is 30.8 Å². The third kappa shape index (κ3) is 7.24. The Labute approximate surface area is 281 Å². The number of benzene rings is 3. The second-order valence-electron chi connectivity index (χ2n) is 12.2. The summed E-state index contributed by atoms with van der Waals surface area (Å²) >= 11 is 6.36. The lowest BCUT2D eigenvalue weighted by Gasteiger charge is -2.44. The maximum absolute atomic E-state index is 14.1. The number of esters is 1. The highest BCUT2D eigenvalue weighted by Crippen LogP contribution is 2.54. The average Bonchev–Trinajstić information content (AvgIpc) is 3.36. The van der Waals surface area contributed by atoms with Crippen LogP contribution in [0.2, 0.25) is 5.02 Å². The van der Waals surface area contributed by atoms with Gasteiger partial charge >= 0.3 is 5.97 Å². The summed E-state index contributed by atoms with van der Waals surface area (Å²) in [7, 11) is -2.96. The Morgan fingerprint density at radius 1 is 1.04 bits per heavy atom. The number of ether oxygens (including phenoxy) is 1. The normalized spacial score (nSPS) is 23.0. The summed E-state index contributed by atoms with van der Waals surface area (Å²) in [6, 6.07) is 14.2. The smallest absolute Gasteiger partial charge is 0.337 e. The van der Waals surface area contributed by atoms with E-state index in [1.165, 1.54) is 25.5 Å². The molecular weight excluding hydrogens is 673 g/mol. The van der Waals surface area contributed by atoms with Crippen LogP contribution < -0.4 is 10.8 Å². The Morgan fingerprint density at radius 2 is 1.67 bits per heavy atom. The van der Waals surface area contributed by atoms with Crippen molar-refractivity contribution in [3.8, 4) is 0 Å². The Morgan fingerprint density at radius 3 is 2.27 bits per heavy atom. The molecule has 2 bridgehead atoms. The van der Waals surface area contributed by atoms with E-state index in [9.17, 15) is 36.3 Å². The van der Waals surface area contributed by atoms with E-state index in [1.807, 2.05) is 30.3 Å². The number of carbonyl (C=O) groups excluding carboxylic acids is 2. The van der Waals surface area contributed by atoms with Gasteiger partial charge in [0, 0.05) is 29.3 Å². The van der Waals surface area contributed by atoms with Gasteiger partial charge in [0.15, 0.2) is 27.3 Å². The molecule has 1 amide bonds. The first-order chi connectivity index (χ1) is 22.7. The third-order valence-corrected chi connectivity index (χ3v) is 12.1. The average molecular weight is 707 g/mol. The highest BCUT2D eigenvalue weighted by molar-refractivity contribution is 7.92. The minimum atomic E-state index is -4.17. The molecular formula is C34H34ClF3N2O7S. The molecule has 48 heavy (non-hydrogen) atoms. The van der Waals surface area contributed by atoms with Gasteiger partial charge in [-0.25, -0.2) is 26.4 Å². The van der Waals surface area contributed by atoms with Crippen molar-refractivity contribution in [1.29, 1.82) is 0 Å². The fraction of sp³-hybridized carbons (Fsp3) is 0.353. The summed E-state index contributed by atoms with van der Waals surface area (Å²) in [4.78, 5) is 30.8. The first kappa shape index (κ1) is 35.4. The quantitative estimate of drug-likeness (QED) is 0.0543. The monoisotopic (exact) mass is 706 g/mol. The first-order valence-electron chi connectivity index (χ1n) is 15.2. The number of fused-ring (bicyclic) bond motifs is 2. The second kappa shape index (κ2) is 14.3. The zero-order valence-corrected chi connectivity index (χ0v) is 27.6. The lowest BCUT2D eigenvalue weighted by molar-refractivity contribution is -0.139. The van der Waals surface area contributed by atoms with E-state index in [1.54, 1.807) is 6.92 Å². The van der Waals surface area contributed by atoms with Gasteiger partial charge in [-0.15, -0.1) is 0 Å². The number of halogens is 4. The lowest BCUT2D eigenvalue weighted by Crippen LogP contribution is -2.50. The number of carbonyl (C=O) groups is 2. The molecule has 0 aromatic heterocycles. The van der Waals surface area contributed by atoms with Gasteiger partial charge in [0.2, 0.25) is 0 Å². The summed E-state index contributed by atoms with van der Waals surface area (Å²) < 4.78 is 73.9. The number of hydrogen-bond donors (Lipinski definition) is 3. The van der Waals surface area contributed by atoms with Crippen LogP contribution in [0.25, 0.3) is 0 Å². The molecule has 9 nitrogen and oxygen atoms in total. The van der Waals surface area contributed by atoms with E-state index in [4.69, 9.17) is 21.2 Å². The van der Waals surface area contributed by atoms with Crippen LogP contribution in [-0.4, -0.2) is 43.4 Å². The van der Waals surface area contributed by atoms with Gasteiger partial charge in [-0.2, -0.15) is 5.48 Å². The number of methoxy groups -OCH3 is 1. The van der Waals surface area contributed by atoms with Crippen LogP contribution >= 0.6 is 11.6 Å². The van der Waals surface area contributed by atoms with Gasteiger partial charge in [-0.3, -0.25) is 4.79 Å². The zero-order chi connectivity index (χ0) is 34.8. The fourth-order valence-electron chi connectivity index (χ4n) is 6.83. The highest BCUT2D eigenvalue weighted by Gasteiger charge is 2.56. The molecule has 0 heterocycles. The molecule has 0 radical (unpaired) electrons. The van der Waals surface area contributed by atoms with Gasteiger partial charge in [0.25, 0.3) is 5.91 Å². The SMILES string of the molecule is COC(=O)/C(=C/ONCc1ccccc1)C(C)C1(O)CC2CC[C@H](C1)C2S(=O)(=O)c1cc(C(=O)Nc2cc(F)c(F)c(F)c2)ccc1Cl. The number of amides is 1. The van der Waals surface area contributed by atoms with Crippen molar-refractivity contribution in [3.63, 3.8) is 0 Å². The topological polar surface area (TPSA) is 131 Å². The molecule has 5 rings (SSSR count). The van der Waals surface area contributed by atoms with Crippen molar-refractivity contribution >= 4 is 39.0 Å². The Hall–Kier alpha value is -3.91. The van der Waals surface area contributed by atoms with Crippen LogP contribution in [0.4, 0.5) is 18.9 Å². The Balaban J connectivity index is 1.34. The Kier molecular flexibility index (Phi) is 10.5. The zero-order valence-electron chi connectivity index (χ0n) is 26.0. The molecule has 0 saturated heterocycles. The molecule has 3 aromatic rings. The molecule has 0 aliphatic heterocycles. The van der Waals surface area contributed by atoms with Crippen molar-refractivity contribution in [3.05, 3.63) is 106 Å². The molecule has 3 aromatic carbocycles. The summed E-state index contributed by atoms with van der Waals surface area (Å²) in [6.45, 7) is 2.01. The van der Waals surface area contributed by atoms with Crippen molar-refractivity contribution < 1.29 is 45.9 Å². The minimum Gasteiger partial charge on any atom is -0.466 e. The lowest BCUT2D eigenvalue weighted by atomic mass is 9.69. The van der Waals surface area contributed by atoms with E-state index in [0.717, 1.165) is 11.6 Å². The van der Waals surface area contributed by atoms with E-state index in [-0.39, 0.29) is 39.6 Å². The molecule has 4 unspecified atom stereocenters. The number of nitrogens with one attached hydrogen (secondary N) is 2. The van der Waals surface area contributed by atoms with Crippen LogP contribution in [0.3, 0.4) is 0 Å². The summed E-state index contributed by atoms with van der Waals surface area (Å²) in [6.07, 6.45) is 2.30. The molecule has 0 spiro atoms. The maximum Gasteiger partial charge on any atom is 0.337 e. The molecule has 2 fully saturated rings. The molecule has 2 saturated carbocycles. The number of aliphatic hydroxyl groups is 1. The van der Waals surface area contributed by atoms with E-state index in [0.29, 0.717) is 31.5 Å². The Bertz CT molecular complexity index is 1800. The van der Waals surface area contributed by atoms with Gasteiger partial charge < -0.3 is 20.0 Å². The molecule has 3 N–H and O–H groups in total. The van der Waals surface area contributed by atoms with Crippen LogP contribution in [0.5, 0.6) is 0 Å². The van der Waals surface area contributed by atoms with E-state index >= 15 is 0 Å². The van der Waals surface area contributed by atoms with Crippen LogP contribution in [0, 0.1) is 35.2 Å². The summed E-state index contributed by atoms with van der Waals surface area (Å²) in [5.41, 5.74) is 1.78. The van der Waals surface area contributed by atoms with E-state index < -0.39 is 67.8 Å². The van der Waals surface area contributed by atoms with Crippen molar-refractivity contribution in [2.24, 2.45) is 17.8 Å². The number of sulfone groups is 1. The number of hydrogen-bond acceptors (Lipinski definition) is 8.